The van der Waals surface area contributed by atoms with E-state index in [2.05, 4.69) is 38.6 Å². The molecule has 0 bridgehead atoms. The van der Waals surface area contributed by atoms with Gasteiger partial charge in [-0.25, -0.2) is 9.67 Å². The maximum atomic E-state index is 4.37. The largest absolute Gasteiger partial charge is 0.299 e. The number of rotatable bonds is 5. The predicted octanol–water partition coefficient (Wildman–Crippen LogP) is 4.06. The fourth-order valence-electron chi connectivity index (χ4n) is 3.10. The summed E-state index contributed by atoms with van der Waals surface area (Å²) < 4.78 is 1.90. The highest BCUT2D eigenvalue weighted by Crippen LogP contribution is 2.28. The average Bonchev–Trinajstić information content (AvgIpc) is 3.36. The van der Waals surface area contributed by atoms with Crippen LogP contribution in [0.5, 0.6) is 0 Å². The third-order valence-electron chi connectivity index (χ3n) is 4.48. The van der Waals surface area contributed by atoms with Gasteiger partial charge in [0.05, 0.1) is 11.1 Å². The smallest absolute Gasteiger partial charge is 0.123 e. The van der Waals surface area contributed by atoms with E-state index in [-0.39, 0.29) is 6.04 Å². The molecule has 24 heavy (non-hydrogen) atoms. The first-order chi connectivity index (χ1) is 11.8. The molecule has 4 heterocycles. The fourth-order valence-corrected chi connectivity index (χ4v) is 4.64. The van der Waals surface area contributed by atoms with Gasteiger partial charge in [0, 0.05) is 18.1 Å². The predicted molar refractivity (Wildman–Crippen MR) is 98.4 cm³/mol. The Morgan fingerprint density at radius 2 is 2.08 bits per heavy atom. The quantitative estimate of drug-likeness (QED) is 0.689. The Hall–Kier alpha value is -1.57. The van der Waals surface area contributed by atoms with Gasteiger partial charge in [-0.3, -0.25) is 4.90 Å². The van der Waals surface area contributed by atoms with E-state index < -0.39 is 0 Å². The number of hydrogen-bond donors (Lipinski definition) is 0. The number of likely N-dealkylation sites (tertiary alicyclic amines) is 1. The summed E-state index contributed by atoms with van der Waals surface area (Å²) in [6.07, 6.45) is 7.91. The number of nitrogens with zero attached hydrogens (tertiary/aromatic N) is 5. The average molecular weight is 360 g/mol. The number of piperidine rings is 1. The summed E-state index contributed by atoms with van der Waals surface area (Å²) in [6.45, 7) is 5.62. The van der Waals surface area contributed by atoms with Gasteiger partial charge in [0.15, 0.2) is 0 Å². The highest BCUT2D eigenvalue weighted by atomic mass is 32.1. The molecule has 0 aromatic carbocycles. The van der Waals surface area contributed by atoms with Gasteiger partial charge in [0.2, 0.25) is 0 Å². The number of thiazole rings is 1. The normalized spacial score (nSPS) is 17.2. The first-order valence-electron chi connectivity index (χ1n) is 8.41. The lowest BCUT2D eigenvalue weighted by molar-refractivity contribution is 0.221. The second kappa shape index (κ2) is 7.13. The number of thiophene rings is 1. The van der Waals surface area contributed by atoms with Crippen molar-refractivity contribution in [2.75, 3.05) is 13.1 Å². The monoisotopic (exact) mass is 359 g/mol. The molecule has 0 spiro atoms. The van der Waals surface area contributed by atoms with Crippen LogP contribution in [-0.4, -0.2) is 38.0 Å². The molecular weight excluding hydrogens is 338 g/mol. The summed E-state index contributed by atoms with van der Waals surface area (Å²) >= 11 is 3.41. The molecule has 0 unspecified atom stereocenters. The van der Waals surface area contributed by atoms with Gasteiger partial charge in [-0.1, -0.05) is 11.6 Å². The standard InChI is InChI=1S/C17H21N5S2/c1-13(17-18-5-8-23-17)22-11-15(19-20-22)16-9-14(12-24-16)10-21-6-3-2-4-7-21/h5,8-9,11-13H,2-4,6-7,10H2,1H3/t13-/m1/s1. The van der Waals surface area contributed by atoms with Gasteiger partial charge in [-0.05, 0) is 49.9 Å². The topological polar surface area (TPSA) is 46.8 Å². The third-order valence-corrected chi connectivity index (χ3v) is 6.42. The van der Waals surface area contributed by atoms with Crippen molar-refractivity contribution in [3.63, 3.8) is 0 Å². The van der Waals surface area contributed by atoms with E-state index in [1.54, 1.807) is 22.7 Å². The summed E-state index contributed by atoms with van der Waals surface area (Å²) in [7, 11) is 0. The van der Waals surface area contributed by atoms with Crippen LogP contribution >= 0.6 is 22.7 Å². The molecular formula is C17H21N5S2. The molecule has 0 N–H and O–H groups in total. The van der Waals surface area contributed by atoms with E-state index in [0.29, 0.717) is 0 Å². The van der Waals surface area contributed by atoms with E-state index in [0.717, 1.165) is 17.2 Å². The summed E-state index contributed by atoms with van der Waals surface area (Å²) in [5.74, 6) is 0. The van der Waals surface area contributed by atoms with Gasteiger partial charge < -0.3 is 0 Å². The lowest BCUT2D eigenvalue weighted by Crippen LogP contribution is -2.28. The molecule has 3 aromatic heterocycles. The van der Waals surface area contributed by atoms with Crippen LogP contribution in [0.15, 0.2) is 29.2 Å². The van der Waals surface area contributed by atoms with Crippen molar-refractivity contribution in [1.82, 2.24) is 24.9 Å². The number of aromatic nitrogens is 4. The van der Waals surface area contributed by atoms with E-state index in [1.807, 2.05) is 22.5 Å². The minimum atomic E-state index is 0.124. The second-order valence-corrected chi connectivity index (χ2v) is 8.12. The molecule has 1 atom stereocenters. The van der Waals surface area contributed by atoms with Crippen molar-refractivity contribution in [3.8, 4) is 10.6 Å². The summed E-state index contributed by atoms with van der Waals surface area (Å²) in [4.78, 5) is 8.12. The van der Waals surface area contributed by atoms with E-state index in [1.165, 1.54) is 42.8 Å². The molecule has 0 radical (unpaired) electrons. The molecule has 4 rings (SSSR count). The maximum absolute atomic E-state index is 4.37. The van der Waals surface area contributed by atoms with Crippen molar-refractivity contribution in [2.45, 2.75) is 38.8 Å². The van der Waals surface area contributed by atoms with Crippen LogP contribution in [0.3, 0.4) is 0 Å². The van der Waals surface area contributed by atoms with Crippen LogP contribution in [0.2, 0.25) is 0 Å². The Morgan fingerprint density at radius 3 is 2.88 bits per heavy atom. The van der Waals surface area contributed by atoms with E-state index in [4.69, 9.17) is 0 Å². The molecule has 5 nitrogen and oxygen atoms in total. The fraction of sp³-hybridized carbons (Fsp3) is 0.471. The van der Waals surface area contributed by atoms with Gasteiger partial charge in [-0.15, -0.1) is 27.8 Å². The zero-order valence-corrected chi connectivity index (χ0v) is 15.4. The summed E-state index contributed by atoms with van der Waals surface area (Å²) in [6, 6.07) is 2.39. The molecule has 126 valence electrons. The Labute approximate surface area is 150 Å². The first-order valence-corrected chi connectivity index (χ1v) is 10.2. The highest BCUT2D eigenvalue weighted by molar-refractivity contribution is 7.13. The SMILES string of the molecule is C[C@H](c1nccs1)n1cc(-c2cc(CN3CCCCC3)cs2)nn1. The molecule has 1 aliphatic heterocycles. The second-order valence-electron chi connectivity index (χ2n) is 6.29. The Kier molecular flexibility index (Phi) is 4.73. The molecule has 1 saturated heterocycles. The van der Waals surface area contributed by atoms with Crippen molar-refractivity contribution < 1.29 is 0 Å². The minimum Gasteiger partial charge on any atom is -0.299 e. The van der Waals surface area contributed by atoms with Gasteiger partial charge in [-0.2, -0.15) is 0 Å². The van der Waals surface area contributed by atoms with Crippen LogP contribution in [0.4, 0.5) is 0 Å². The molecule has 1 fully saturated rings. The van der Waals surface area contributed by atoms with Crippen molar-refractivity contribution in [1.29, 1.82) is 0 Å². The van der Waals surface area contributed by atoms with Crippen LogP contribution in [0, 0.1) is 0 Å². The van der Waals surface area contributed by atoms with Crippen molar-refractivity contribution in [3.05, 3.63) is 39.8 Å². The Bertz CT molecular complexity index is 771. The zero-order chi connectivity index (χ0) is 16.4. The first kappa shape index (κ1) is 15.9. The molecule has 3 aromatic rings. The van der Waals surface area contributed by atoms with Crippen LogP contribution < -0.4 is 0 Å². The van der Waals surface area contributed by atoms with Crippen LogP contribution in [0.25, 0.3) is 10.6 Å². The number of hydrogen-bond acceptors (Lipinski definition) is 6. The molecule has 0 saturated carbocycles. The molecule has 0 amide bonds. The molecule has 0 aliphatic carbocycles. The van der Waals surface area contributed by atoms with Gasteiger partial charge >= 0.3 is 0 Å². The van der Waals surface area contributed by atoms with Crippen molar-refractivity contribution in [2.24, 2.45) is 0 Å². The van der Waals surface area contributed by atoms with Gasteiger partial charge in [0.25, 0.3) is 0 Å². The highest BCUT2D eigenvalue weighted by Gasteiger charge is 2.16. The maximum Gasteiger partial charge on any atom is 0.123 e. The van der Waals surface area contributed by atoms with E-state index >= 15 is 0 Å². The molecule has 7 heteroatoms. The third kappa shape index (κ3) is 3.43. The lowest BCUT2D eigenvalue weighted by atomic mass is 10.1. The lowest BCUT2D eigenvalue weighted by Gasteiger charge is -2.25. The zero-order valence-electron chi connectivity index (χ0n) is 13.8. The van der Waals surface area contributed by atoms with Gasteiger partial charge in [0.1, 0.15) is 16.7 Å². The Morgan fingerprint density at radius 1 is 1.21 bits per heavy atom. The minimum absolute atomic E-state index is 0.124. The summed E-state index contributed by atoms with van der Waals surface area (Å²) in [5, 5.41) is 14.0. The Balaban J connectivity index is 1.46. The van der Waals surface area contributed by atoms with Crippen LogP contribution in [-0.2, 0) is 6.54 Å². The molecule has 1 aliphatic rings. The van der Waals surface area contributed by atoms with Crippen LogP contribution in [0.1, 0.15) is 42.8 Å². The van der Waals surface area contributed by atoms with E-state index in [9.17, 15) is 0 Å². The van der Waals surface area contributed by atoms with Crippen molar-refractivity contribution >= 4 is 22.7 Å². The summed E-state index contributed by atoms with van der Waals surface area (Å²) in [5.41, 5.74) is 2.34.